The van der Waals surface area contributed by atoms with E-state index in [1.54, 1.807) is 48.5 Å². The van der Waals surface area contributed by atoms with Gasteiger partial charge >= 0.3 is 6.03 Å². The Balaban J connectivity index is 1.29. The normalized spacial score (nSPS) is 19.4. The zero-order valence-electron chi connectivity index (χ0n) is 23.3. The van der Waals surface area contributed by atoms with Gasteiger partial charge in [-0.25, -0.2) is 4.79 Å². The van der Waals surface area contributed by atoms with Crippen molar-refractivity contribution in [2.75, 3.05) is 12.4 Å². The molecule has 0 aromatic heterocycles. The van der Waals surface area contributed by atoms with E-state index in [1.165, 1.54) is 7.11 Å². The third-order valence-electron chi connectivity index (χ3n) is 7.79. The standard InChI is InChI=1S/C32H30N6O5/c1-43-27-14-11-19(30(40)33-20-8-3-2-4-9-20)16-26(27)37-38-28-22-10-6-5-7-18(22)15-23(29(28)39)31(41)34-21-12-13-24-25(17-21)36-32(42)35-24/h2-11,14-16,21,24-25,39H,12-13,17H2,1H3,(H,33,40)(H,34,41)(H2,35,36,42). The zero-order chi connectivity index (χ0) is 29.9. The fourth-order valence-corrected chi connectivity index (χ4v) is 5.61. The Labute approximate surface area is 247 Å². The van der Waals surface area contributed by atoms with Gasteiger partial charge in [0.25, 0.3) is 11.8 Å². The molecule has 1 saturated carbocycles. The van der Waals surface area contributed by atoms with Crippen molar-refractivity contribution in [2.45, 2.75) is 37.4 Å². The number of nitrogens with one attached hydrogen (secondary N) is 4. The summed E-state index contributed by atoms with van der Waals surface area (Å²) in [5, 5.41) is 33.0. The fourth-order valence-electron chi connectivity index (χ4n) is 5.61. The molecule has 6 rings (SSSR count). The van der Waals surface area contributed by atoms with E-state index in [-0.39, 0.29) is 52.8 Å². The van der Waals surface area contributed by atoms with Crippen LogP contribution in [0.15, 0.2) is 89.1 Å². The minimum Gasteiger partial charge on any atom is -0.505 e. The summed E-state index contributed by atoms with van der Waals surface area (Å²) in [5.74, 6) is -0.722. The van der Waals surface area contributed by atoms with E-state index < -0.39 is 5.91 Å². The Bertz CT molecular complexity index is 1740. The number of fused-ring (bicyclic) bond motifs is 2. The van der Waals surface area contributed by atoms with Gasteiger partial charge in [0.05, 0.1) is 24.8 Å². The molecule has 5 N–H and O–H groups in total. The summed E-state index contributed by atoms with van der Waals surface area (Å²) >= 11 is 0. The summed E-state index contributed by atoms with van der Waals surface area (Å²) in [6.07, 6.45) is 2.02. The van der Waals surface area contributed by atoms with Crippen LogP contribution in [0.4, 0.5) is 21.9 Å². The minimum atomic E-state index is -0.447. The Hall–Kier alpha value is -5.45. The minimum absolute atomic E-state index is 0.0540. The van der Waals surface area contributed by atoms with Crippen LogP contribution in [-0.2, 0) is 0 Å². The van der Waals surface area contributed by atoms with E-state index >= 15 is 0 Å². The van der Waals surface area contributed by atoms with Gasteiger partial charge < -0.3 is 31.1 Å². The van der Waals surface area contributed by atoms with Gasteiger partial charge in [-0.1, -0.05) is 42.5 Å². The highest BCUT2D eigenvalue weighted by Gasteiger charge is 2.37. The van der Waals surface area contributed by atoms with E-state index in [0.29, 0.717) is 40.6 Å². The highest BCUT2D eigenvalue weighted by atomic mass is 16.5. The van der Waals surface area contributed by atoms with Crippen molar-refractivity contribution < 1.29 is 24.2 Å². The molecule has 1 heterocycles. The molecule has 1 saturated heterocycles. The molecular formula is C32H30N6O5. The van der Waals surface area contributed by atoms with Crippen LogP contribution in [0.3, 0.4) is 0 Å². The van der Waals surface area contributed by atoms with Crippen molar-refractivity contribution in [2.24, 2.45) is 10.2 Å². The lowest BCUT2D eigenvalue weighted by Gasteiger charge is -2.31. The van der Waals surface area contributed by atoms with Crippen LogP contribution in [0, 0.1) is 0 Å². The number of urea groups is 1. The number of methoxy groups -OCH3 is 1. The van der Waals surface area contributed by atoms with Crippen LogP contribution in [0.25, 0.3) is 10.8 Å². The number of para-hydroxylation sites is 1. The molecule has 1 aliphatic heterocycles. The number of aromatic hydroxyl groups is 1. The fraction of sp³-hybridized carbons (Fsp3) is 0.219. The molecule has 11 heteroatoms. The summed E-state index contributed by atoms with van der Waals surface area (Å²) in [4.78, 5) is 38.0. The van der Waals surface area contributed by atoms with Crippen LogP contribution < -0.4 is 26.0 Å². The van der Waals surface area contributed by atoms with E-state index in [4.69, 9.17) is 4.74 Å². The molecule has 11 nitrogen and oxygen atoms in total. The second-order valence-electron chi connectivity index (χ2n) is 10.6. The van der Waals surface area contributed by atoms with Gasteiger partial charge in [-0.3, -0.25) is 9.59 Å². The number of carbonyl (C=O) groups is 3. The lowest BCUT2D eigenvalue weighted by Crippen LogP contribution is -2.47. The van der Waals surface area contributed by atoms with Crippen LogP contribution in [0.1, 0.15) is 40.0 Å². The Kier molecular flexibility index (Phi) is 7.61. The molecule has 1 aliphatic carbocycles. The topological polar surface area (TPSA) is 154 Å². The van der Waals surface area contributed by atoms with Crippen molar-refractivity contribution >= 4 is 45.7 Å². The SMILES string of the molecule is COc1ccc(C(=O)Nc2ccccc2)cc1N=Nc1c(O)c(C(=O)NC2CCC3NC(=O)NC3C2)cc2ccccc12. The maximum atomic E-state index is 13.4. The predicted octanol–water partition coefficient (Wildman–Crippen LogP) is 5.55. The van der Waals surface area contributed by atoms with Crippen LogP contribution in [0.2, 0.25) is 0 Å². The van der Waals surface area contributed by atoms with Crippen LogP contribution in [-0.4, -0.2) is 48.2 Å². The smallest absolute Gasteiger partial charge is 0.315 e. The molecule has 0 radical (unpaired) electrons. The highest BCUT2D eigenvalue weighted by molar-refractivity contribution is 6.07. The first kappa shape index (κ1) is 27.7. The summed E-state index contributed by atoms with van der Waals surface area (Å²) in [5.41, 5.74) is 1.43. The van der Waals surface area contributed by atoms with Crippen LogP contribution >= 0.6 is 0 Å². The Morgan fingerprint density at radius 2 is 1.67 bits per heavy atom. The molecule has 0 bridgehead atoms. The number of nitrogens with zero attached hydrogens (tertiary/aromatic N) is 2. The second kappa shape index (κ2) is 11.8. The number of hydrogen-bond acceptors (Lipinski definition) is 7. The lowest BCUT2D eigenvalue weighted by atomic mass is 9.87. The number of hydrogen-bond donors (Lipinski definition) is 5. The summed E-state index contributed by atoms with van der Waals surface area (Å²) in [6, 6.07) is 22.4. The first-order valence-electron chi connectivity index (χ1n) is 14.0. The number of rotatable bonds is 7. The number of azo groups is 1. The van der Waals surface area contributed by atoms with Gasteiger partial charge in [-0.15, -0.1) is 10.2 Å². The molecule has 218 valence electrons. The molecule has 2 aliphatic rings. The Morgan fingerprint density at radius 3 is 2.49 bits per heavy atom. The van der Waals surface area contributed by atoms with Gasteiger partial charge in [0.15, 0.2) is 5.75 Å². The molecular weight excluding hydrogens is 548 g/mol. The average molecular weight is 579 g/mol. The maximum absolute atomic E-state index is 13.4. The number of benzene rings is 4. The number of phenolic OH excluding ortho intramolecular Hbond substituents is 1. The molecule has 3 unspecified atom stereocenters. The van der Waals surface area contributed by atoms with E-state index in [0.717, 1.165) is 6.42 Å². The number of carbonyl (C=O) groups excluding carboxylic acids is 3. The largest absolute Gasteiger partial charge is 0.505 e. The van der Waals surface area contributed by atoms with Crippen molar-refractivity contribution in [3.05, 3.63) is 90.0 Å². The molecule has 0 spiro atoms. The van der Waals surface area contributed by atoms with Gasteiger partial charge in [-0.05, 0) is 61.0 Å². The number of ether oxygens (including phenoxy) is 1. The molecule has 2 fully saturated rings. The third-order valence-corrected chi connectivity index (χ3v) is 7.79. The van der Waals surface area contributed by atoms with Gasteiger partial charge in [-0.2, -0.15) is 0 Å². The monoisotopic (exact) mass is 578 g/mol. The highest BCUT2D eigenvalue weighted by Crippen LogP contribution is 2.40. The molecule has 4 aromatic carbocycles. The van der Waals surface area contributed by atoms with E-state index in [1.807, 2.05) is 30.3 Å². The molecule has 4 aromatic rings. The summed E-state index contributed by atoms with van der Waals surface area (Å²) in [6.45, 7) is 0. The summed E-state index contributed by atoms with van der Waals surface area (Å²) < 4.78 is 5.44. The summed E-state index contributed by atoms with van der Waals surface area (Å²) in [7, 11) is 1.48. The van der Waals surface area contributed by atoms with Crippen molar-refractivity contribution in [1.82, 2.24) is 16.0 Å². The predicted molar refractivity (Wildman–Crippen MR) is 162 cm³/mol. The van der Waals surface area contributed by atoms with Gasteiger partial charge in [0.1, 0.15) is 17.1 Å². The van der Waals surface area contributed by atoms with Gasteiger partial charge in [0.2, 0.25) is 0 Å². The molecule has 3 atom stereocenters. The van der Waals surface area contributed by atoms with Crippen molar-refractivity contribution in [3.63, 3.8) is 0 Å². The van der Waals surface area contributed by atoms with Crippen molar-refractivity contribution in [3.8, 4) is 11.5 Å². The number of anilines is 1. The van der Waals surface area contributed by atoms with E-state index in [2.05, 4.69) is 31.5 Å². The first-order chi connectivity index (χ1) is 20.9. The van der Waals surface area contributed by atoms with Crippen LogP contribution in [0.5, 0.6) is 11.5 Å². The van der Waals surface area contributed by atoms with Gasteiger partial charge in [0, 0.05) is 22.7 Å². The quantitative estimate of drug-likeness (QED) is 0.182. The zero-order valence-corrected chi connectivity index (χ0v) is 23.3. The van der Waals surface area contributed by atoms with E-state index in [9.17, 15) is 19.5 Å². The molecule has 43 heavy (non-hydrogen) atoms. The third kappa shape index (κ3) is 5.82. The Morgan fingerprint density at radius 1 is 0.907 bits per heavy atom. The lowest BCUT2D eigenvalue weighted by molar-refractivity contribution is 0.0919. The average Bonchev–Trinajstić information content (AvgIpc) is 3.40. The first-order valence-corrected chi connectivity index (χ1v) is 14.0. The molecule has 4 amide bonds. The van der Waals surface area contributed by atoms with Crippen molar-refractivity contribution in [1.29, 1.82) is 0 Å². The number of amides is 4. The number of phenols is 1. The second-order valence-corrected chi connectivity index (χ2v) is 10.6. The maximum Gasteiger partial charge on any atom is 0.315 e.